The van der Waals surface area contributed by atoms with Crippen molar-refractivity contribution in [3.63, 3.8) is 0 Å². The Hall–Kier alpha value is -2.57. The molecule has 0 bridgehead atoms. The first-order valence-corrected chi connectivity index (χ1v) is 14.8. The molecule has 1 heterocycles. The summed E-state index contributed by atoms with van der Waals surface area (Å²) in [4.78, 5) is 27.6. The van der Waals surface area contributed by atoms with Crippen LogP contribution in [0.1, 0.15) is 108 Å². The van der Waals surface area contributed by atoms with Gasteiger partial charge in [-0.2, -0.15) is 0 Å². The Kier molecular flexibility index (Phi) is 9.87. The largest absolute Gasteiger partial charge is 0.342 e. The number of benzene rings is 1. The minimum Gasteiger partial charge on any atom is -0.342 e. The second-order valence-corrected chi connectivity index (χ2v) is 11.6. The van der Waals surface area contributed by atoms with Crippen LogP contribution in [-0.4, -0.2) is 34.9 Å². The highest BCUT2D eigenvalue weighted by atomic mass is 16.2. The van der Waals surface area contributed by atoms with Crippen LogP contribution in [0.25, 0.3) is 0 Å². The Balaban J connectivity index is 1.38. The van der Waals surface area contributed by atoms with Gasteiger partial charge in [-0.05, 0) is 42.2 Å². The molecule has 4 rings (SSSR count). The number of urea groups is 1. The molecule has 1 aromatic rings. The van der Waals surface area contributed by atoms with E-state index in [1.54, 1.807) is 4.90 Å². The van der Waals surface area contributed by atoms with Gasteiger partial charge >= 0.3 is 6.03 Å². The van der Waals surface area contributed by atoms with Crippen molar-refractivity contribution in [3.8, 4) is 0 Å². The van der Waals surface area contributed by atoms with E-state index in [-0.39, 0.29) is 17.9 Å². The van der Waals surface area contributed by atoms with Gasteiger partial charge < -0.3 is 16.0 Å². The van der Waals surface area contributed by atoms with Crippen molar-refractivity contribution in [3.05, 3.63) is 35.4 Å². The first kappa shape index (κ1) is 27.5. The van der Waals surface area contributed by atoms with Crippen LogP contribution in [0.15, 0.2) is 24.3 Å². The fourth-order valence-corrected chi connectivity index (χ4v) is 6.56. The quantitative estimate of drug-likeness (QED) is 0.282. The Morgan fingerprint density at radius 1 is 0.946 bits per heavy atom. The molecule has 0 aromatic heterocycles. The Morgan fingerprint density at radius 2 is 1.51 bits per heavy atom. The van der Waals surface area contributed by atoms with Crippen molar-refractivity contribution < 1.29 is 9.59 Å². The van der Waals surface area contributed by atoms with Gasteiger partial charge in [0.2, 0.25) is 0 Å². The number of amides is 3. The summed E-state index contributed by atoms with van der Waals surface area (Å²) < 4.78 is 0. The van der Waals surface area contributed by atoms with Crippen molar-refractivity contribution in [2.24, 2.45) is 11.8 Å². The topological polar surface area (TPSA) is 97.3 Å². The van der Waals surface area contributed by atoms with Crippen molar-refractivity contribution in [1.29, 1.82) is 5.41 Å². The molecule has 0 atom stereocenters. The van der Waals surface area contributed by atoms with Crippen LogP contribution in [-0.2, 0) is 17.9 Å². The second-order valence-electron chi connectivity index (χ2n) is 11.6. The van der Waals surface area contributed by atoms with Gasteiger partial charge in [-0.25, -0.2) is 4.79 Å². The molecule has 7 heteroatoms. The van der Waals surface area contributed by atoms with Crippen LogP contribution in [0.4, 0.5) is 4.79 Å². The summed E-state index contributed by atoms with van der Waals surface area (Å²) in [6, 6.07) is 7.86. The predicted molar refractivity (Wildman–Crippen MR) is 148 cm³/mol. The van der Waals surface area contributed by atoms with Crippen molar-refractivity contribution in [2.75, 3.05) is 6.54 Å². The van der Waals surface area contributed by atoms with E-state index in [1.807, 2.05) is 24.3 Å². The number of rotatable bonds is 11. The van der Waals surface area contributed by atoms with E-state index in [4.69, 9.17) is 5.41 Å². The number of nitrogens with zero attached hydrogens (tertiary/aromatic N) is 1. The van der Waals surface area contributed by atoms with E-state index in [2.05, 4.69) is 22.9 Å². The molecule has 3 fully saturated rings. The van der Waals surface area contributed by atoms with Gasteiger partial charge in [0.1, 0.15) is 5.54 Å². The van der Waals surface area contributed by atoms with Gasteiger partial charge in [-0.15, -0.1) is 0 Å². The molecular formula is C30H47N5O2. The van der Waals surface area contributed by atoms with Gasteiger partial charge in [0, 0.05) is 13.1 Å². The lowest BCUT2D eigenvalue weighted by Gasteiger charge is -2.36. The first-order chi connectivity index (χ1) is 18.0. The van der Waals surface area contributed by atoms with Crippen molar-refractivity contribution >= 4 is 17.9 Å². The SMILES string of the molecule is CCCCNC(=O)NCc1ccc(CN2C(=N)NC(CC3CCCCC3)(CC3CCCCC3)C2=O)cc1. The summed E-state index contributed by atoms with van der Waals surface area (Å²) in [7, 11) is 0. The summed E-state index contributed by atoms with van der Waals surface area (Å²) in [5, 5.41) is 18.0. The zero-order valence-corrected chi connectivity index (χ0v) is 22.7. The van der Waals surface area contributed by atoms with Crippen LogP contribution in [0.3, 0.4) is 0 Å². The molecule has 0 radical (unpaired) electrons. The molecule has 3 amide bonds. The minimum atomic E-state index is -0.615. The zero-order valence-electron chi connectivity index (χ0n) is 22.7. The number of nitrogens with one attached hydrogen (secondary N) is 4. The summed E-state index contributed by atoms with van der Waals surface area (Å²) in [5.74, 6) is 1.51. The van der Waals surface area contributed by atoms with E-state index in [9.17, 15) is 9.59 Å². The predicted octanol–water partition coefficient (Wildman–Crippen LogP) is 5.83. The van der Waals surface area contributed by atoms with Crippen LogP contribution >= 0.6 is 0 Å². The van der Waals surface area contributed by atoms with Gasteiger partial charge in [-0.3, -0.25) is 15.1 Å². The molecular weight excluding hydrogens is 462 g/mol. The highest BCUT2D eigenvalue weighted by molar-refractivity contribution is 6.07. The molecule has 1 saturated heterocycles. The lowest BCUT2D eigenvalue weighted by molar-refractivity contribution is -0.133. The molecule has 4 N–H and O–H groups in total. The number of hydrogen-bond donors (Lipinski definition) is 4. The third kappa shape index (κ3) is 7.48. The van der Waals surface area contributed by atoms with Gasteiger partial charge in [0.05, 0.1) is 6.54 Å². The number of hydrogen-bond acceptors (Lipinski definition) is 3. The number of guanidine groups is 1. The van der Waals surface area contributed by atoms with E-state index >= 15 is 0 Å². The van der Waals surface area contributed by atoms with Crippen LogP contribution in [0.5, 0.6) is 0 Å². The fraction of sp³-hybridized carbons (Fsp3) is 0.700. The molecule has 37 heavy (non-hydrogen) atoms. The smallest absolute Gasteiger partial charge is 0.315 e. The van der Waals surface area contributed by atoms with E-state index in [0.29, 0.717) is 31.5 Å². The fourth-order valence-electron chi connectivity index (χ4n) is 6.56. The molecule has 3 aliphatic rings. The Morgan fingerprint density at radius 3 is 2.08 bits per heavy atom. The van der Waals surface area contributed by atoms with Crippen LogP contribution < -0.4 is 16.0 Å². The highest BCUT2D eigenvalue weighted by Crippen LogP contribution is 2.40. The number of carbonyl (C=O) groups is 2. The lowest BCUT2D eigenvalue weighted by atomic mass is 9.73. The van der Waals surface area contributed by atoms with E-state index in [1.165, 1.54) is 64.2 Å². The van der Waals surface area contributed by atoms with Crippen LogP contribution in [0, 0.1) is 17.2 Å². The molecule has 0 unspecified atom stereocenters. The van der Waals surface area contributed by atoms with Gasteiger partial charge in [0.25, 0.3) is 5.91 Å². The normalized spacial score (nSPS) is 20.6. The third-order valence-corrected chi connectivity index (χ3v) is 8.64. The molecule has 2 aliphatic carbocycles. The van der Waals surface area contributed by atoms with Crippen molar-refractivity contribution in [2.45, 2.75) is 115 Å². The monoisotopic (exact) mass is 509 g/mol. The molecule has 204 valence electrons. The number of unbranched alkanes of at least 4 members (excludes halogenated alkanes) is 1. The lowest BCUT2D eigenvalue weighted by Crippen LogP contribution is -2.50. The minimum absolute atomic E-state index is 0.100. The molecule has 2 saturated carbocycles. The molecule has 7 nitrogen and oxygen atoms in total. The second kappa shape index (κ2) is 13.3. The standard InChI is InChI=1S/C30H47N5O2/c1-2-3-18-32-29(37)33-21-25-14-16-26(17-15-25)22-35-27(36)30(34-28(35)31,19-23-10-6-4-7-11-23)20-24-12-8-5-9-13-24/h14-17,23-24H,2-13,18-22H2,1H3,(H2,31,34)(H2,32,33,37). The van der Waals surface area contributed by atoms with Gasteiger partial charge in [0.15, 0.2) is 5.96 Å². The van der Waals surface area contributed by atoms with Crippen LogP contribution in [0.2, 0.25) is 0 Å². The molecule has 0 spiro atoms. The van der Waals surface area contributed by atoms with E-state index in [0.717, 1.165) is 36.8 Å². The summed E-state index contributed by atoms with van der Waals surface area (Å²) in [5.41, 5.74) is 1.40. The maximum absolute atomic E-state index is 14.0. The zero-order chi connectivity index (χ0) is 26.1. The van der Waals surface area contributed by atoms with Gasteiger partial charge in [-0.1, -0.05) is 102 Å². The van der Waals surface area contributed by atoms with E-state index < -0.39 is 5.54 Å². The Labute approximate surface area is 223 Å². The van der Waals surface area contributed by atoms with Crippen molar-refractivity contribution in [1.82, 2.24) is 20.9 Å². The average molecular weight is 510 g/mol. The number of carbonyl (C=O) groups excluding carboxylic acids is 2. The summed E-state index contributed by atoms with van der Waals surface area (Å²) >= 11 is 0. The molecule has 1 aromatic carbocycles. The summed E-state index contributed by atoms with van der Waals surface area (Å²) in [6.07, 6.45) is 16.3. The Bertz CT molecular complexity index is 883. The maximum atomic E-state index is 14.0. The molecule has 1 aliphatic heterocycles. The summed E-state index contributed by atoms with van der Waals surface area (Å²) in [6.45, 7) is 3.66. The maximum Gasteiger partial charge on any atom is 0.315 e. The first-order valence-electron chi connectivity index (χ1n) is 14.8. The highest BCUT2D eigenvalue weighted by Gasteiger charge is 2.51. The average Bonchev–Trinajstić information content (AvgIpc) is 3.13. The third-order valence-electron chi connectivity index (χ3n) is 8.64.